The van der Waals surface area contributed by atoms with Crippen LogP contribution in [0.5, 0.6) is 17.2 Å². The molecule has 25 heavy (non-hydrogen) atoms. The molecular formula is C18H17Cl2NO4. The minimum Gasteiger partial charge on any atom is -0.496 e. The van der Waals surface area contributed by atoms with Crippen molar-refractivity contribution in [2.24, 2.45) is 0 Å². The summed E-state index contributed by atoms with van der Waals surface area (Å²) >= 11 is 12.2. The molecule has 3 rings (SSSR count). The van der Waals surface area contributed by atoms with E-state index in [4.69, 9.17) is 37.4 Å². The first kappa shape index (κ1) is 17.7. The Balaban J connectivity index is 1.65. The van der Waals surface area contributed by atoms with Crippen LogP contribution in [0.3, 0.4) is 0 Å². The number of hydrogen-bond donors (Lipinski definition) is 1. The summed E-state index contributed by atoms with van der Waals surface area (Å²) in [6.07, 6.45) is 0.169. The van der Waals surface area contributed by atoms with Gasteiger partial charge in [-0.1, -0.05) is 23.2 Å². The van der Waals surface area contributed by atoms with Gasteiger partial charge in [0.25, 0.3) is 0 Å². The molecule has 0 atom stereocenters. The number of rotatable bonds is 5. The maximum Gasteiger partial charge on any atom is 0.224 e. The number of fused-ring (bicyclic) bond motifs is 1. The number of hydrogen-bond acceptors (Lipinski definition) is 4. The predicted octanol–water partition coefficient (Wildman–Crippen LogP) is 3.63. The zero-order chi connectivity index (χ0) is 17.8. The van der Waals surface area contributed by atoms with Gasteiger partial charge in [-0.3, -0.25) is 4.79 Å². The minimum absolute atomic E-state index is 0.147. The van der Waals surface area contributed by atoms with E-state index in [0.29, 0.717) is 47.1 Å². The molecule has 0 bridgehead atoms. The van der Waals surface area contributed by atoms with E-state index in [1.54, 1.807) is 31.4 Å². The lowest BCUT2D eigenvalue weighted by molar-refractivity contribution is -0.120. The van der Waals surface area contributed by atoms with E-state index >= 15 is 0 Å². The Labute approximate surface area is 155 Å². The van der Waals surface area contributed by atoms with Crippen LogP contribution in [0.25, 0.3) is 0 Å². The van der Waals surface area contributed by atoms with Gasteiger partial charge >= 0.3 is 0 Å². The molecule has 0 aromatic heterocycles. The van der Waals surface area contributed by atoms with Gasteiger partial charge < -0.3 is 19.5 Å². The van der Waals surface area contributed by atoms with Crippen LogP contribution >= 0.6 is 23.2 Å². The molecule has 0 saturated carbocycles. The number of nitrogens with one attached hydrogen (secondary N) is 1. The molecule has 1 N–H and O–H groups in total. The van der Waals surface area contributed by atoms with E-state index in [1.165, 1.54) is 0 Å². The van der Waals surface area contributed by atoms with Crippen LogP contribution in [0.2, 0.25) is 10.0 Å². The summed E-state index contributed by atoms with van der Waals surface area (Å²) in [5, 5.41) is 3.89. The quantitative estimate of drug-likeness (QED) is 0.858. The lowest BCUT2D eigenvalue weighted by Gasteiger charge is -2.20. The summed E-state index contributed by atoms with van der Waals surface area (Å²) in [5.74, 6) is 1.62. The summed E-state index contributed by atoms with van der Waals surface area (Å²) in [6.45, 7) is 1.29. The molecule has 1 amide bonds. The minimum atomic E-state index is -0.147. The second-order valence-electron chi connectivity index (χ2n) is 5.51. The van der Waals surface area contributed by atoms with Crippen LogP contribution in [-0.4, -0.2) is 26.2 Å². The first-order chi connectivity index (χ1) is 12.1. The zero-order valence-corrected chi connectivity index (χ0v) is 15.1. The zero-order valence-electron chi connectivity index (χ0n) is 13.6. The summed E-state index contributed by atoms with van der Waals surface area (Å²) in [5.41, 5.74) is 1.56. The van der Waals surface area contributed by atoms with E-state index < -0.39 is 0 Å². The Morgan fingerprint density at radius 2 is 2.00 bits per heavy atom. The summed E-state index contributed by atoms with van der Waals surface area (Å²) in [7, 11) is 1.56. The van der Waals surface area contributed by atoms with Crippen molar-refractivity contribution < 1.29 is 19.0 Å². The normalized spacial score (nSPS) is 12.6. The molecule has 0 saturated heterocycles. The molecule has 0 spiro atoms. The van der Waals surface area contributed by atoms with Gasteiger partial charge in [-0.25, -0.2) is 0 Å². The maximum absolute atomic E-state index is 12.2. The van der Waals surface area contributed by atoms with Crippen molar-refractivity contribution in [2.75, 3.05) is 20.3 Å². The monoisotopic (exact) mass is 381 g/mol. The third kappa shape index (κ3) is 4.30. The molecule has 2 aromatic carbocycles. The number of carbonyl (C=O) groups excluding carboxylic acids is 1. The van der Waals surface area contributed by atoms with Crippen LogP contribution in [0.15, 0.2) is 30.3 Å². The molecular weight excluding hydrogens is 365 g/mol. The van der Waals surface area contributed by atoms with Gasteiger partial charge in [0.15, 0.2) is 11.5 Å². The van der Waals surface area contributed by atoms with Crippen molar-refractivity contribution >= 4 is 29.1 Å². The highest BCUT2D eigenvalue weighted by atomic mass is 35.5. The van der Waals surface area contributed by atoms with Crippen molar-refractivity contribution in [3.63, 3.8) is 0 Å². The highest BCUT2D eigenvalue weighted by Gasteiger charge is 2.17. The van der Waals surface area contributed by atoms with Crippen molar-refractivity contribution in [3.8, 4) is 17.2 Å². The average Bonchev–Trinajstić information content (AvgIpc) is 2.60. The number of halogens is 2. The first-order valence-corrected chi connectivity index (χ1v) is 8.49. The number of benzene rings is 2. The highest BCUT2D eigenvalue weighted by molar-refractivity contribution is 6.32. The van der Waals surface area contributed by atoms with E-state index in [-0.39, 0.29) is 12.3 Å². The predicted molar refractivity (Wildman–Crippen MR) is 96.0 cm³/mol. The molecule has 5 nitrogen and oxygen atoms in total. The van der Waals surface area contributed by atoms with Crippen LogP contribution in [-0.2, 0) is 17.8 Å². The fraction of sp³-hybridized carbons (Fsp3) is 0.278. The van der Waals surface area contributed by atoms with E-state index in [1.807, 2.05) is 6.07 Å². The standard InChI is InChI=1S/C18H17Cl2NO4/c1-23-15-3-2-13(19)8-12(15)9-17(22)21-10-11-6-14(20)18-16(7-11)24-4-5-25-18/h2-3,6-8H,4-5,9-10H2,1H3,(H,21,22). The average molecular weight is 382 g/mol. The first-order valence-electron chi connectivity index (χ1n) is 7.74. The third-order valence-corrected chi connectivity index (χ3v) is 4.26. The summed E-state index contributed by atoms with van der Waals surface area (Å²) in [6, 6.07) is 8.77. The molecule has 0 aliphatic carbocycles. The second-order valence-corrected chi connectivity index (χ2v) is 6.36. The Hall–Kier alpha value is -2.11. The topological polar surface area (TPSA) is 56.8 Å². The third-order valence-electron chi connectivity index (χ3n) is 3.74. The van der Waals surface area contributed by atoms with Crippen molar-refractivity contribution in [1.29, 1.82) is 0 Å². The molecule has 0 fully saturated rings. The van der Waals surface area contributed by atoms with Crippen LogP contribution in [0.1, 0.15) is 11.1 Å². The van der Waals surface area contributed by atoms with E-state index in [2.05, 4.69) is 5.32 Å². The molecule has 7 heteroatoms. The van der Waals surface area contributed by atoms with Gasteiger partial charge in [-0.05, 0) is 35.9 Å². The van der Waals surface area contributed by atoms with E-state index in [9.17, 15) is 4.79 Å². The smallest absolute Gasteiger partial charge is 0.224 e. The van der Waals surface area contributed by atoms with Gasteiger partial charge in [-0.2, -0.15) is 0 Å². The van der Waals surface area contributed by atoms with Crippen molar-refractivity contribution in [2.45, 2.75) is 13.0 Å². The number of ether oxygens (including phenoxy) is 3. The molecule has 2 aromatic rings. The molecule has 0 unspecified atom stereocenters. The summed E-state index contributed by atoms with van der Waals surface area (Å²) in [4.78, 5) is 12.2. The Morgan fingerprint density at radius 3 is 2.80 bits per heavy atom. The van der Waals surface area contributed by atoms with Gasteiger partial charge in [0.05, 0.1) is 18.6 Å². The van der Waals surface area contributed by atoms with Gasteiger partial charge in [0.1, 0.15) is 19.0 Å². The van der Waals surface area contributed by atoms with Gasteiger partial charge in [-0.15, -0.1) is 0 Å². The molecule has 1 aliphatic heterocycles. The Morgan fingerprint density at radius 1 is 1.20 bits per heavy atom. The highest BCUT2D eigenvalue weighted by Crippen LogP contribution is 2.38. The van der Waals surface area contributed by atoms with Crippen LogP contribution in [0, 0.1) is 0 Å². The number of methoxy groups -OCH3 is 1. The molecule has 1 aliphatic rings. The second kappa shape index (κ2) is 7.85. The van der Waals surface area contributed by atoms with Gasteiger partial charge in [0, 0.05) is 17.1 Å². The Bertz CT molecular complexity index is 795. The molecule has 1 heterocycles. The summed E-state index contributed by atoms with van der Waals surface area (Å²) < 4.78 is 16.3. The fourth-order valence-electron chi connectivity index (χ4n) is 2.59. The maximum atomic E-state index is 12.2. The lowest BCUT2D eigenvalue weighted by Crippen LogP contribution is -2.25. The molecule has 132 valence electrons. The van der Waals surface area contributed by atoms with Crippen molar-refractivity contribution in [1.82, 2.24) is 5.32 Å². The van der Waals surface area contributed by atoms with Crippen molar-refractivity contribution in [3.05, 3.63) is 51.5 Å². The largest absolute Gasteiger partial charge is 0.496 e. The van der Waals surface area contributed by atoms with Crippen LogP contribution < -0.4 is 19.5 Å². The molecule has 0 radical (unpaired) electrons. The lowest BCUT2D eigenvalue weighted by atomic mass is 10.1. The van der Waals surface area contributed by atoms with Gasteiger partial charge in [0.2, 0.25) is 5.91 Å². The SMILES string of the molecule is COc1ccc(Cl)cc1CC(=O)NCc1cc(Cl)c2c(c1)OCCO2. The van der Waals surface area contributed by atoms with E-state index in [0.717, 1.165) is 11.1 Å². The van der Waals surface area contributed by atoms with Crippen LogP contribution in [0.4, 0.5) is 0 Å². The fourth-order valence-corrected chi connectivity index (χ4v) is 3.07. The number of carbonyl (C=O) groups is 1. The Kier molecular flexibility index (Phi) is 5.56. The number of amides is 1.